The average molecular weight is 140 g/mol. The monoisotopic (exact) mass is 140 g/mol. The highest BCUT2D eigenvalue weighted by atomic mass is 32.7. The zero-order valence-corrected chi connectivity index (χ0v) is 6.76. The van der Waals surface area contributed by atoms with Crippen molar-refractivity contribution in [3.8, 4) is 0 Å². The van der Waals surface area contributed by atoms with Crippen molar-refractivity contribution in [2.75, 3.05) is 12.1 Å². The van der Waals surface area contributed by atoms with Gasteiger partial charge in [-0.05, 0) is 12.1 Å². The predicted molar refractivity (Wildman–Crippen MR) is 41.0 cm³/mol. The summed E-state index contributed by atoms with van der Waals surface area (Å²) in [5, 5.41) is 0. The minimum atomic E-state index is 0.871. The molecule has 0 nitrogen and oxygen atoms in total. The molecule has 0 aromatic heterocycles. The van der Waals surface area contributed by atoms with Crippen LogP contribution in [0.3, 0.4) is 0 Å². The second-order valence-corrected chi connectivity index (χ2v) is 4.82. The molecular weight excluding hydrogens is 130 g/mol. The SMILES string of the molecule is CCPCPS. The van der Waals surface area contributed by atoms with Gasteiger partial charge in [-0.3, -0.25) is 0 Å². The van der Waals surface area contributed by atoms with Crippen molar-refractivity contribution in [1.29, 1.82) is 0 Å². The van der Waals surface area contributed by atoms with Crippen LogP contribution in [0, 0.1) is 0 Å². The smallest absolute Gasteiger partial charge is 0.00854 e. The second kappa shape index (κ2) is 6.21. The summed E-state index contributed by atoms with van der Waals surface area (Å²) in [6.07, 6.45) is 1.34. The minimum absolute atomic E-state index is 0.871. The summed E-state index contributed by atoms with van der Waals surface area (Å²) in [5.74, 6) is 1.33. The van der Waals surface area contributed by atoms with Gasteiger partial charge in [-0.25, -0.2) is 0 Å². The summed E-state index contributed by atoms with van der Waals surface area (Å²) in [5.41, 5.74) is 0. The number of rotatable bonds is 3. The molecule has 0 bridgehead atoms. The van der Waals surface area contributed by atoms with Crippen LogP contribution in [0.2, 0.25) is 0 Å². The molecule has 0 aliphatic carbocycles. The molecule has 3 heteroatoms. The number of hydrogen-bond donors (Lipinski definition) is 1. The van der Waals surface area contributed by atoms with Gasteiger partial charge in [-0.15, -0.1) is 8.58 Å². The lowest BCUT2D eigenvalue weighted by atomic mass is 11.0. The molecule has 0 rings (SSSR count). The lowest BCUT2D eigenvalue weighted by Gasteiger charge is -1.87. The van der Waals surface area contributed by atoms with E-state index in [1.54, 1.807) is 0 Å². The first-order chi connectivity index (χ1) is 2.91. The lowest BCUT2D eigenvalue weighted by Crippen LogP contribution is -1.57. The standard InChI is InChI=1S/C3H10P2S/c1-2-4-3-5-6/h4-6H,2-3H2,1H3. The van der Waals surface area contributed by atoms with E-state index in [-0.39, 0.29) is 0 Å². The Bertz CT molecular complexity index is 20.8. The predicted octanol–water partition coefficient (Wildman–Crippen LogP) is 2.17. The second-order valence-electron chi connectivity index (χ2n) is 0.938. The van der Waals surface area contributed by atoms with Crippen molar-refractivity contribution < 1.29 is 0 Å². The highest BCUT2D eigenvalue weighted by Gasteiger charge is 1.74. The van der Waals surface area contributed by atoms with E-state index in [0.29, 0.717) is 0 Å². The molecule has 0 aliphatic heterocycles. The van der Waals surface area contributed by atoms with E-state index in [1.165, 1.54) is 12.1 Å². The molecule has 0 saturated heterocycles. The molecule has 0 radical (unpaired) electrons. The van der Waals surface area contributed by atoms with Crippen LogP contribution in [0.25, 0.3) is 0 Å². The van der Waals surface area contributed by atoms with Gasteiger partial charge in [0.05, 0.1) is 0 Å². The van der Waals surface area contributed by atoms with Crippen molar-refractivity contribution in [3.63, 3.8) is 0 Å². The molecule has 0 spiro atoms. The summed E-state index contributed by atoms with van der Waals surface area (Å²) in [6.45, 7) is 2.21. The Morgan fingerprint density at radius 3 is 2.50 bits per heavy atom. The zero-order chi connectivity index (χ0) is 4.83. The molecule has 0 aromatic rings. The van der Waals surface area contributed by atoms with Crippen LogP contribution < -0.4 is 0 Å². The van der Waals surface area contributed by atoms with Crippen molar-refractivity contribution in [2.45, 2.75) is 6.92 Å². The molecular formula is C3H10P2S. The zero-order valence-electron chi connectivity index (χ0n) is 3.86. The molecule has 38 valence electrons. The van der Waals surface area contributed by atoms with Gasteiger partial charge in [-0.2, -0.15) is 12.2 Å². The van der Waals surface area contributed by atoms with E-state index >= 15 is 0 Å². The van der Waals surface area contributed by atoms with Gasteiger partial charge in [0.1, 0.15) is 0 Å². The van der Waals surface area contributed by atoms with Gasteiger partial charge < -0.3 is 0 Å². The fraction of sp³-hybridized carbons (Fsp3) is 1.00. The quantitative estimate of drug-likeness (QED) is 0.346. The normalized spacial score (nSPS) is 13.0. The van der Waals surface area contributed by atoms with Gasteiger partial charge in [-0.1, -0.05) is 14.7 Å². The van der Waals surface area contributed by atoms with Gasteiger partial charge in [0.25, 0.3) is 0 Å². The van der Waals surface area contributed by atoms with Crippen LogP contribution in [0.15, 0.2) is 0 Å². The molecule has 2 atom stereocenters. The van der Waals surface area contributed by atoms with Crippen molar-refractivity contribution in [3.05, 3.63) is 0 Å². The highest BCUT2D eigenvalue weighted by Crippen LogP contribution is 2.25. The molecule has 0 aromatic carbocycles. The number of thiol groups is 1. The fourth-order valence-corrected chi connectivity index (χ4v) is 2.63. The van der Waals surface area contributed by atoms with E-state index in [2.05, 4.69) is 19.2 Å². The van der Waals surface area contributed by atoms with E-state index in [9.17, 15) is 0 Å². The van der Waals surface area contributed by atoms with Gasteiger partial charge in [0.2, 0.25) is 0 Å². The Balaban J connectivity index is 2.34. The topological polar surface area (TPSA) is 0 Å². The minimum Gasteiger partial charge on any atom is -0.154 e. The summed E-state index contributed by atoms with van der Waals surface area (Å²) < 4.78 is 0. The van der Waals surface area contributed by atoms with Crippen molar-refractivity contribution in [1.82, 2.24) is 0 Å². The Morgan fingerprint density at radius 1 is 1.67 bits per heavy atom. The van der Waals surface area contributed by atoms with Crippen LogP contribution in [0.4, 0.5) is 0 Å². The summed E-state index contributed by atoms with van der Waals surface area (Å²) >= 11 is 4.09. The Hall–Kier alpha value is 1.21. The summed E-state index contributed by atoms with van der Waals surface area (Å²) in [6, 6.07) is 0. The average Bonchev–Trinajstić information content (AvgIpc) is 1.61. The molecule has 6 heavy (non-hydrogen) atoms. The van der Waals surface area contributed by atoms with E-state index in [1.807, 2.05) is 0 Å². The van der Waals surface area contributed by atoms with Crippen LogP contribution in [0.1, 0.15) is 6.92 Å². The van der Waals surface area contributed by atoms with E-state index in [4.69, 9.17) is 0 Å². The molecule has 2 unspecified atom stereocenters. The first kappa shape index (κ1) is 7.21. The van der Waals surface area contributed by atoms with Crippen LogP contribution in [-0.4, -0.2) is 12.1 Å². The Kier molecular flexibility index (Phi) is 7.46. The molecule has 0 saturated carbocycles. The third kappa shape index (κ3) is 5.21. The summed E-state index contributed by atoms with van der Waals surface area (Å²) in [4.78, 5) is 0. The van der Waals surface area contributed by atoms with Gasteiger partial charge in [0.15, 0.2) is 0 Å². The Morgan fingerprint density at radius 2 is 2.33 bits per heavy atom. The van der Waals surface area contributed by atoms with Crippen LogP contribution >= 0.6 is 28.6 Å². The third-order valence-electron chi connectivity index (χ3n) is 0.454. The first-order valence-corrected chi connectivity index (χ1v) is 5.90. The number of hydrogen-bond acceptors (Lipinski definition) is 1. The van der Waals surface area contributed by atoms with Gasteiger partial charge >= 0.3 is 0 Å². The maximum absolute atomic E-state index is 4.09. The maximum atomic E-state index is 4.09. The molecule has 0 aliphatic rings. The maximum Gasteiger partial charge on any atom is -0.00854 e. The molecule has 0 fully saturated rings. The van der Waals surface area contributed by atoms with E-state index in [0.717, 1.165) is 16.4 Å². The van der Waals surface area contributed by atoms with Gasteiger partial charge in [0, 0.05) is 0 Å². The third-order valence-corrected chi connectivity index (χ3v) is 4.01. The Labute approximate surface area is 48.2 Å². The van der Waals surface area contributed by atoms with Crippen molar-refractivity contribution >= 4 is 28.6 Å². The van der Waals surface area contributed by atoms with E-state index < -0.39 is 0 Å². The largest absolute Gasteiger partial charge is 0.154 e. The molecule has 0 amide bonds. The van der Waals surface area contributed by atoms with Crippen LogP contribution in [-0.2, 0) is 0 Å². The molecule has 0 N–H and O–H groups in total. The van der Waals surface area contributed by atoms with Crippen molar-refractivity contribution in [2.24, 2.45) is 0 Å². The molecule has 0 heterocycles. The first-order valence-electron chi connectivity index (χ1n) is 1.99. The van der Waals surface area contributed by atoms with Crippen LogP contribution in [0.5, 0.6) is 0 Å². The highest BCUT2D eigenvalue weighted by molar-refractivity contribution is 8.39. The lowest BCUT2D eigenvalue weighted by molar-refractivity contribution is 1.52. The fourth-order valence-electron chi connectivity index (χ4n) is 0.181. The summed E-state index contributed by atoms with van der Waals surface area (Å²) in [7, 11) is 2.02.